The van der Waals surface area contributed by atoms with Crippen LogP contribution in [0, 0.1) is 10.1 Å². The van der Waals surface area contributed by atoms with E-state index in [2.05, 4.69) is 0 Å². The monoisotopic (exact) mass is 258 g/mol. The van der Waals surface area contributed by atoms with Crippen LogP contribution in [0.1, 0.15) is 0 Å². The van der Waals surface area contributed by atoms with Crippen molar-refractivity contribution >= 4 is 15.7 Å². The molecule has 1 aliphatic heterocycles. The molecule has 1 aromatic rings. The molecule has 7 nitrogen and oxygen atoms in total. The molecule has 92 valence electrons. The van der Waals surface area contributed by atoms with E-state index in [1.54, 1.807) is 0 Å². The molecule has 8 heteroatoms. The number of aliphatic hydroxyl groups excluding tert-OH is 1. The van der Waals surface area contributed by atoms with Crippen LogP contribution in [0.3, 0.4) is 0 Å². The van der Waals surface area contributed by atoms with Crippen molar-refractivity contribution in [3.8, 4) is 0 Å². The summed E-state index contributed by atoms with van der Waals surface area (Å²) in [6.45, 7) is 0.0715. The Morgan fingerprint density at radius 3 is 2.41 bits per heavy atom. The Kier molecular flexibility index (Phi) is 2.86. The summed E-state index contributed by atoms with van der Waals surface area (Å²) >= 11 is 0. The Balaban J connectivity index is 2.26. The minimum atomic E-state index is -3.62. The summed E-state index contributed by atoms with van der Waals surface area (Å²) in [5.74, 6) is 0. The standard InChI is InChI=1S/C9H10N2O5S/c12-6-8-5-10(8)17(15,16)9-3-1-7(2-4-9)11(13)14/h1-4,8,12H,5-6H2/t8-,10?/m0/s1. The molecule has 2 atom stereocenters. The zero-order chi connectivity index (χ0) is 12.6. The van der Waals surface area contributed by atoms with Crippen LogP contribution in [0.15, 0.2) is 29.2 Å². The third-order valence-electron chi connectivity index (χ3n) is 2.53. The molecule has 0 aliphatic carbocycles. The molecule has 0 saturated carbocycles. The van der Waals surface area contributed by atoms with E-state index < -0.39 is 14.9 Å². The summed E-state index contributed by atoms with van der Waals surface area (Å²) in [5.41, 5.74) is -0.159. The number of hydrogen-bond acceptors (Lipinski definition) is 5. The third-order valence-corrected chi connectivity index (χ3v) is 4.46. The number of non-ortho nitro benzene ring substituents is 1. The fraction of sp³-hybridized carbons (Fsp3) is 0.333. The number of nitrogens with zero attached hydrogens (tertiary/aromatic N) is 2. The molecule has 1 N–H and O–H groups in total. The van der Waals surface area contributed by atoms with Crippen LogP contribution in [0.5, 0.6) is 0 Å². The van der Waals surface area contributed by atoms with Gasteiger partial charge in [0.25, 0.3) is 5.69 Å². The first-order valence-electron chi connectivity index (χ1n) is 4.84. The van der Waals surface area contributed by atoms with Gasteiger partial charge in [0.1, 0.15) is 0 Å². The molecule has 1 unspecified atom stereocenters. The predicted molar refractivity (Wildman–Crippen MR) is 57.9 cm³/mol. The molecule has 1 saturated heterocycles. The molecular formula is C9H10N2O5S. The second-order valence-corrected chi connectivity index (χ2v) is 5.55. The Morgan fingerprint density at radius 2 is 2.00 bits per heavy atom. The number of nitro benzene ring substituents is 1. The van der Waals surface area contributed by atoms with Crippen molar-refractivity contribution in [2.75, 3.05) is 13.2 Å². The number of nitro groups is 1. The minimum Gasteiger partial charge on any atom is -0.395 e. The molecule has 1 aromatic carbocycles. The fourth-order valence-electron chi connectivity index (χ4n) is 1.48. The van der Waals surface area contributed by atoms with Crippen molar-refractivity contribution in [2.24, 2.45) is 0 Å². The van der Waals surface area contributed by atoms with Crippen LogP contribution < -0.4 is 0 Å². The van der Waals surface area contributed by atoms with E-state index in [0.717, 1.165) is 16.4 Å². The maximum Gasteiger partial charge on any atom is 0.269 e. The van der Waals surface area contributed by atoms with Crippen molar-refractivity contribution in [1.82, 2.24) is 4.31 Å². The average Bonchev–Trinajstić information content (AvgIpc) is 3.09. The number of benzene rings is 1. The van der Waals surface area contributed by atoms with Crippen molar-refractivity contribution in [3.63, 3.8) is 0 Å². The molecule has 1 heterocycles. The average molecular weight is 258 g/mol. The van der Waals surface area contributed by atoms with Crippen LogP contribution in [0.2, 0.25) is 0 Å². The highest BCUT2D eigenvalue weighted by Crippen LogP contribution is 2.28. The summed E-state index contributed by atoms with van der Waals surface area (Å²) < 4.78 is 24.9. The Bertz CT molecular complexity index is 539. The normalized spacial score (nSPS) is 23.4. The predicted octanol–water partition coefficient (Wildman–Crippen LogP) is -0.0400. The summed E-state index contributed by atoms with van der Waals surface area (Å²) in [6, 6.07) is 4.31. The molecule has 2 rings (SSSR count). The van der Waals surface area contributed by atoms with Crippen LogP contribution in [0.25, 0.3) is 0 Å². The zero-order valence-electron chi connectivity index (χ0n) is 8.68. The fourth-order valence-corrected chi connectivity index (χ4v) is 3.06. The van der Waals surface area contributed by atoms with E-state index in [1.165, 1.54) is 12.1 Å². The second-order valence-electron chi connectivity index (χ2n) is 3.66. The first kappa shape index (κ1) is 12.0. The van der Waals surface area contributed by atoms with Crippen molar-refractivity contribution in [1.29, 1.82) is 0 Å². The van der Waals surface area contributed by atoms with Crippen LogP contribution in [-0.4, -0.2) is 41.9 Å². The van der Waals surface area contributed by atoms with Gasteiger partial charge in [-0.1, -0.05) is 0 Å². The van der Waals surface area contributed by atoms with Crippen molar-refractivity contribution in [2.45, 2.75) is 10.9 Å². The van der Waals surface area contributed by atoms with Gasteiger partial charge in [0.2, 0.25) is 10.0 Å². The highest BCUT2D eigenvalue weighted by atomic mass is 32.2. The van der Waals surface area contributed by atoms with Gasteiger partial charge in [-0.3, -0.25) is 10.1 Å². The lowest BCUT2D eigenvalue weighted by molar-refractivity contribution is -0.384. The Labute approximate surface area is 97.5 Å². The lowest BCUT2D eigenvalue weighted by Crippen LogP contribution is -2.16. The second kappa shape index (κ2) is 4.06. The number of aliphatic hydroxyl groups is 1. The van der Waals surface area contributed by atoms with Gasteiger partial charge in [0.05, 0.1) is 22.5 Å². The van der Waals surface area contributed by atoms with Gasteiger partial charge in [-0.25, -0.2) is 8.42 Å². The highest BCUT2D eigenvalue weighted by molar-refractivity contribution is 7.89. The van der Waals surface area contributed by atoms with Crippen LogP contribution >= 0.6 is 0 Å². The molecule has 1 fully saturated rings. The topological polar surface area (TPSA) is 101 Å². The molecule has 0 amide bonds. The van der Waals surface area contributed by atoms with E-state index in [0.29, 0.717) is 0 Å². The third kappa shape index (κ3) is 2.14. The SMILES string of the molecule is O=[N+]([O-])c1ccc(S(=O)(=O)N2C[C@H]2CO)cc1. The van der Waals surface area contributed by atoms with Gasteiger partial charge in [-0.2, -0.15) is 4.31 Å². The molecule has 0 aromatic heterocycles. The van der Waals surface area contributed by atoms with E-state index >= 15 is 0 Å². The molecule has 1 aliphatic rings. The first-order chi connectivity index (χ1) is 7.96. The van der Waals surface area contributed by atoms with Crippen molar-refractivity contribution in [3.05, 3.63) is 34.4 Å². The molecule has 0 bridgehead atoms. The van der Waals surface area contributed by atoms with Gasteiger partial charge >= 0.3 is 0 Å². The van der Waals surface area contributed by atoms with E-state index in [1.807, 2.05) is 0 Å². The maximum atomic E-state index is 11.9. The largest absolute Gasteiger partial charge is 0.395 e. The van der Waals surface area contributed by atoms with Crippen LogP contribution in [-0.2, 0) is 10.0 Å². The van der Waals surface area contributed by atoms with E-state index in [9.17, 15) is 18.5 Å². The molecular weight excluding hydrogens is 248 g/mol. The zero-order valence-corrected chi connectivity index (χ0v) is 9.50. The Morgan fingerprint density at radius 1 is 1.41 bits per heavy atom. The first-order valence-corrected chi connectivity index (χ1v) is 6.28. The lowest BCUT2D eigenvalue weighted by Gasteiger charge is -2.04. The van der Waals surface area contributed by atoms with Gasteiger partial charge in [0, 0.05) is 18.7 Å². The lowest BCUT2D eigenvalue weighted by atomic mass is 10.3. The maximum absolute atomic E-state index is 11.9. The van der Waals surface area contributed by atoms with E-state index in [4.69, 9.17) is 5.11 Å². The van der Waals surface area contributed by atoms with Gasteiger partial charge < -0.3 is 5.11 Å². The van der Waals surface area contributed by atoms with Gasteiger partial charge in [-0.15, -0.1) is 0 Å². The smallest absolute Gasteiger partial charge is 0.269 e. The number of hydrogen-bond donors (Lipinski definition) is 1. The number of sulfonamides is 1. The van der Waals surface area contributed by atoms with Gasteiger partial charge in [0.15, 0.2) is 0 Å². The van der Waals surface area contributed by atoms with E-state index in [-0.39, 0.29) is 29.8 Å². The van der Waals surface area contributed by atoms with Crippen LogP contribution in [0.4, 0.5) is 5.69 Å². The summed E-state index contributed by atoms with van der Waals surface area (Å²) in [6.07, 6.45) is 0. The Hall–Kier alpha value is -1.51. The summed E-state index contributed by atoms with van der Waals surface area (Å²) in [5, 5.41) is 19.2. The molecule has 0 radical (unpaired) electrons. The summed E-state index contributed by atoms with van der Waals surface area (Å²) in [7, 11) is -3.62. The molecule has 17 heavy (non-hydrogen) atoms. The highest BCUT2D eigenvalue weighted by Gasteiger charge is 2.44. The van der Waals surface area contributed by atoms with Crippen molar-refractivity contribution < 1.29 is 18.4 Å². The van der Waals surface area contributed by atoms with Gasteiger partial charge in [-0.05, 0) is 12.1 Å². The number of rotatable bonds is 4. The summed E-state index contributed by atoms with van der Waals surface area (Å²) in [4.78, 5) is 9.83. The quantitative estimate of drug-likeness (QED) is 0.464. The minimum absolute atomic E-state index is 0.000880. The molecule has 0 spiro atoms.